The van der Waals surface area contributed by atoms with E-state index in [4.69, 9.17) is 16.2 Å². The second-order valence-corrected chi connectivity index (χ2v) is 11.3. The summed E-state index contributed by atoms with van der Waals surface area (Å²) in [5, 5.41) is 21.5. The average Bonchev–Trinajstić information content (AvgIpc) is 3.22. The molecule has 2 aromatic rings. The quantitative estimate of drug-likeness (QED) is 0.294. The number of halogens is 2. The van der Waals surface area contributed by atoms with Gasteiger partial charge in [-0.1, -0.05) is 24.4 Å². The number of nitrogens with zero attached hydrogens (tertiary/aromatic N) is 4. The Balaban J connectivity index is 1.58. The highest BCUT2D eigenvalue weighted by molar-refractivity contribution is 9.10. The van der Waals surface area contributed by atoms with Crippen molar-refractivity contribution in [2.45, 2.75) is 44.2 Å². The number of fused-ring (bicyclic) bond motifs is 1. The fraction of sp³-hybridized carbons (Fsp3) is 0.526. The van der Waals surface area contributed by atoms with Crippen molar-refractivity contribution in [1.29, 1.82) is 0 Å². The van der Waals surface area contributed by atoms with Crippen molar-refractivity contribution >= 4 is 54.9 Å². The zero-order chi connectivity index (χ0) is 22.9. The van der Waals surface area contributed by atoms with E-state index in [2.05, 4.69) is 42.0 Å². The predicted octanol–water partition coefficient (Wildman–Crippen LogP) is 3.55. The molecule has 1 aliphatic heterocycles. The van der Waals surface area contributed by atoms with Gasteiger partial charge < -0.3 is 5.32 Å². The van der Waals surface area contributed by atoms with E-state index < -0.39 is 10.0 Å². The number of nitrogens with one attached hydrogen (secondary N) is 2. The van der Waals surface area contributed by atoms with Gasteiger partial charge in [0, 0.05) is 23.1 Å². The van der Waals surface area contributed by atoms with E-state index >= 15 is 0 Å². The van der Waals surface area contributed by atoms with Gasteiger partial charge in [0.1, 0.15) is 0 Å². The van der Waals surface area contributed by atoms with Gasteiger partial charge in [-0.2, -0.15) is 4.31 Å². The summed E-state index contributed by atoms with van der Waals surface area (Å²) < 4.78 is 31.8. The van der Waals surface area contributed by atoms with E-state index in [1.54, 1.807) is 22.5 Å². The van der Waals surface area contributed by atoms with Crippen LogP contribution in [0.3, 0.4) is 0 Å². The topological polar surface area (TPSA) is 133 Å². The summed E-state index contributed by atoms with van der Waals surface area (Å²) in [5.41, 5.74) is 2.81. The van der Waals surface area contributed by atoms with Crippen LogP contribution in [0, 0.1) is 5.92 Å². The van der Waals surface area contributed by atoms with Crippen molar-refractivity contribution in [1.82, 2.24) is 20.1 Å². The first-order valence-corrected chi connectivity index (χ1v) is 13.3. The van der Waals surface area contributed by atoms with Crippen LogP contribution in [-0.4, -0.2) is 59.0 Å². The summed E-state index contributed by atoms with van der Waals surface area (Å²) in [4.78, 5) is 4.38. The number of aliphatic imine (C=N–C) groups is 1. The van der Waals surface area contributed by atoms with Crippen LogP contribution in [0.4, 0.5) is 11.5 Å². The lowest BCUT2D eigenvalue weighted by Gasteiger charge is -2.47. The Morgan fingerprint density at radius 3 is 2.81 bits per heavy atom. The molecule has 0 spiro atoms. The molecule has 13 heteroatoms. The van der Waals surface area contributed by atoms with E-state index in [0.717, 1.165) is 25.7 Å². The minimum atomic E-state index is -3.26. The molecule has 32 heavy (non-hydrogen) atoms. The third-order valence-electron chi connectivity index (χ3n) is 6.04. The molecule has 2 aliphatic rings. The van der Waals surface area contributed by atoms with Crippen molar-refractivity contribution < 1.29 is 18.3 Å². The molecule has 0 bridgehead atoms. The van der Waals surface area contributed by atoms with Crippen molar-refractivity contribution in [2.75, 3.05) is 18.1 Å². The van der Waals surface area contributed by atoms with E-state index in [1.165, 1.54) is 6.26 Å². The van der Waals surface area contributed by atoms with Gasteiger partial charge in [0.15, 0.2) is 11.5 Å². The Bertz CT molecular complexity index is 1110. The summed E-state index contributed by atoms with van der Waals surface area (Å²) in [7, 11) is -3.26. The minimum Gasteiger partial charge on any atom is -0.362 e. The van der Waals surface area contributed by atoms with Gasteiger partial charge in [0.05, 0.1) is 17.0 Å². The first-order valence-electron chi connectivity index (χ1n) is 10.3. The highest BCUT2D eigenvalue weighted by atomic mass is 79.9. The molecule has 1 saturated carbocycles. The molecular weight excluding hydrogens is 524 g/mol. The second kappa shape index (κ2) is 9.64. The largest absolute Gasteiger partial charge is 0.362 e. The molecular formula is C19H24BrClN6O4S. The SMILES string of the molecule is CS(=O)(=O)N1CCC(Nc2nonc2C(=Nc2ccc(Cl)c(Br)c2)NO)C2CCCCC21. The Hall–Kier alpha value is -1.73. The minimum absolute atomic E-state index is 0.00595. The fourth-order valence-electron chi connectivity index (χ4n) is 4.63. The number of anilines is 1. The molecule has 10 nitrogen and oxygen atoms in total. The Morgan fingerprint density at radius 1 is 1.31 bits per heavy atom. The molecule has 174 valence electrons. The van der Waals surface area contributed by atoms with Crippen molar-refractivity contribution in [3.63, 3.8) is 0 Å². The van der Waals surface area contributed by atoms with Crippen LogP contribution in [0.2, 0.25) is 5.02 Å². The predicted molar refractivity (Wildman–Crippen MR) is 124 cm³/mol. The summed E-state index contributed by atoms with van der Waals surface area (Å²) in [6.07, 6.45) is 5.74. The third-order valence-corrected chi connectivity index (χ3v) is 8.56. The third kappa shape index (κ3) is 4.93. The van der Waals surface area contributed by atoms with E-state index in [0.29, 0.717) is 34.0 Å². The first-order chi connectivity index (χ1) is 15.3. The Morgan fingerprint density at radius 2 is 2.09 bits per heavy atom. The number of piperidine rings is 1. The number of hydroxylamine groups is 1. The van der Waals surface area contributed by atoms with Crippen LogP contribution in [0.15, 0.2) is 32.3 Å². The number of rotatable bonds is 5. The molecule has 3 N–H and O–H groups in total. The first kappa shape index (κ1) is 23.4. The molecule has 0 radical (unpaired) electrons. The highest BCUT2D eigenvalue weighted by Crippen LogP contribution is 2.38. The lowest BCUT2D eigenvalue weighted by Crippen LogP contribution is -2.56. The number of hydrogen-bond acceptors (Lipinski definition) is 8. The number of aromatic nitrogens is 2. The second-order valence-electron chi connectivity index (χ2n) is 8.06. The maximum atomic E-state index is 12.3. The normalized spacial score (nSPS) is 24.8. The Labute approximate surface area is 199 Å². The summed E-state index contributed by atoms with van der Waals surface area (Å²) in [5.74, 6) is 0.531. The zero-order valence-corrected chi connectivity index (χ0v) is 20.5. The molecule has 1 saturated heterocycles. The van der Waals surface area contributed by atoms with Gasteiger partial charge >= 0.3 is 0 Å². The molecule has 3 unspecified atom stereocenters. The molecule has 4 rings (SSSR count). The maximum Gasteiger partial charge on any atom is 0.211 e. The molecule has 2 fully saturated rings. The molecule has 2 heterocycles. The van der Waals surface area contributed by atoms with Gasteiger partial charge in [-0.05, 0) is 69.6 Å². The van der Waals surface area contributed by atoms with Crippen LogP contribution in [0.5, 0.6) is 0 Å². The monoisotopic (exact) mass is 546 g/mol. The molecule has 1 aromatic carbocycles. The highest BCUT2D eigenvalue weighted by Gasteiger charge is 2.43. The van der Waals surface area contributed by atoms with Crippen LogP contribution in [-0.2, 0) is 10.0 Å². The number of amidine groups is 1. The maximum absolute atomic E-state index is 12.3. The molecule has 0 amide bonds. The van der Waals surface area contributed by atoms with Gasteiger partial charge in [-0.25, -0.2) is 18.0 Å². The van der Waals surface area contributed by atoms with Gasteiger partial charge in [0.25, 0.3) is 0 Å². The number of sulfonamides is 1. The van der Waals surface area contributed by atoms with Gasteiger partial charge in [0.2, 0.25) is 15.8 Å². The zero-order valence-electron chi connectivity index (χ0n) is 17.3. The summed E-state index contributed by atoms with van der Waals surface area (Å²) in [6, 6.07) is 5.03. The average molecular weight is 548 g/mol. The van der Waals surface area contributed by atoms with Crippen LogP contribution in [0.25, 0.3) is 0 Å². The van der Waals surface area contributed by atoms with Crippen LogP contribution < -0.4 is 10.8 Å². The van der Waals surface area contributed by atoms with Gasteiger partial charge in [-0.15, -0.1) is 0 Å². The van der Waals surface area contributed by atoms with E-state index in [-0.39, 0.29) is 29.5 Å². The number of benzene rings is 1. The number of hydrogen-bond donors (Lipinski definition) is 3. The molecule has 1 aliphatic carbocycles. The summed E-state index contributed by atoms with van der Waals surface area (Å²) in [6.45, 7) is 0.441. The van der Waals surface area contributed by atoms with Crippen molar-refractivity contribution in [3.8, 4) is 0 Å². The molecule has 1 aromatic heterocycles. The van der Waals surface area contributed by atoms with Crippen molar-refractivity contribution in [3.05, 3.63) is 33.4 Å². The van der Waals surface area contributed by atoms with Crippen LogP contribution >= 0.6 is 27.5 Å². The van der Waals surface area contributed by atoms with Crippen molar-refractivity contribution in [2.24, 2.45) is 10.9 Å². The standard InChI is InChI=1S/C19H24BrClN6O4S/c1-32(29,30)27-9-8-15(12-4-2-3-5-16(12)27)23-19-17(25-31-26-19)18(24-28)22-11-6-7-14(21)13(20)10-11/h6-7,10,12,15-16,28H,2-5,8-9H2,1H3,(H,22,24)(H,23,26). The summed E-state index contributed by atoms with van der Waals surface area (Å²) >= 11 is 9.38. The fourth-order valence-corrected chi connectivity index (χ4v) is 6.31. The lowest BCUT2D eigenvalue weighted by molar-refractivity contribution is 0.117. The molecule has 3 atom stereocenters. The van der Waals surface area contributed by atoms with Crippen LogP contribution in [0.1, 0.15) is 37.8 Å². The smallest absolute Gasteiger partial charge is 0.211 e. The van der Waals surface area contributed by atoms with E-state index in [9.17, 15) is 13.6 Å². The lowest BCUT2D eigenvalue weighted by atomic mass is 9.76. The van der Waals surface area contributed by atoms with Gasteiger partial charge in [-0.3, -0.25) is 10.7 Å². The Kier molecular flexibility index (Phi) is 7.06. The van der Waals surface area contributed by atoms with E-state index in [1.807, 2.05) is 0 Å².